The first-order valence-electron chi connectivity index (χ1n) is 9.21. The van der Waals surface area contributed by atoms with E-state index in [-0.39, 0.29) is 6.61 Å². The van der Waals surface area contributed by atoms with E-state index in [0.717, 1.165) is 27.1 Å². The molecule has 0 heterocycles. The number of hydrazone groups is 1. The van der Waals surface area contributed by atoms with Crippen molar-refractivity contribution in [2.75, 3.05) is 6.61 Å². The minimum absolute atomic E-state index is 0.189. The Hall–Kier alpha value is -3.88. The molecule has 0 bridgehead atoms. The molecule has 0 spiro atoms. The van der Waals surface area contributed by atoms with Crippen LogP contribution in [0.4, 0.5) is 0 Å². The second-order valence-corrected chi connectivity index (χ2v) is 6.91. The molecule has 0 aliphatic heterocycles. The van der Waals surface area contributed by atoms with Crippen LogP contribution < -0.4 is 10.2 Å². The lowest BCUT2D eigenvalue weighted by Gasteiger charge is -2.10. The summed E-state index contributed by atoms with van der Waals surface area (Å²) in [7, 11) is 0. The third kappa shape index (κ3) is 3.95. The summed E-state index contributed by atoms with van der Waals surface area (Å²) < 4.78 is 5.41. The van der Waals surface area contributed by atoms with Crippen LogP contribution in [0, 0.1) is 11.3 Å². The fourth-order valence-electron chi connectivity index (χ4n) is 3.22. The van der Waals surface area contributed by atoms with Gasteiger partial charge >= 0.3 is 0 Å². The maximum Gasteiger partial charge on any atom is 0.277 e. The first-order valence-corrected chi connectivity index (χ1v) is 9.59. The Labute approximate surface area is 178 Å². The van der Waals surface area contributed by atoms with Crippen LogP contribution in [-0.4, -0.2) is 18.7 Å². The molecule has 0 atom stereocenters. The number of hydrogen-bond acceptors (Lipinski definition) is 4. The van der Waals surface area contributed by atoms with Crippen molar-refractivity contribution in [3.05, 3.63) is 88.9 Å². The van der Waals surface area contributed by atoms with Crippen LogP contribution >= 0.6 is 11.6 Å². The van der Waals surface area contributed by atoms with Crippen molar-refractivity contribution in [2.45, 2.75) is 0 Å². The summed E-state index contributed by atoms with van der Waals surface area (Å²) in [6, 6.07) is 24.2. The van der Waals surface area contributed by atoms with Crippen molar-refractivity contribution in [2.24, 2.45) is 5.10 Å². The summed E-state index contributed by atoms with van der Waals surface area (Å²) in [4.78, 5) is 12.1. The minimum atomic E-state index is -0.391. The molecule has 30 heavy (non-hydrogen) atoms. The first-order chi connectivity index (χ1) is 14.7. The van der Waals surface area contributed by atoms with Crippen molar-refractivity contribution < 1.29 is 9.53 Å². The summed E-state index contributed by atoms with van der Waals surface area (Å²) in [5, 5.41) is 17.4. The molecule has 1 amide bonds. The highest BCUT2D eigenvalue weighted by Crippen LogP contribution is 2.35. The highest BCUT2D eigenvalue weighted by molar-refractivity contribution is 6.42. The summed E-state index contributed by atoms with van der Waals surface area (Å²) in [5.74, 6) is 0.112. The van der Waals surface area contributed by atoms with Gasteiger partial charge in [-0.25, -0.2) is 5.43 Å². The molecular formula is C24H16ClN3O2. The largest absolute Gasteiger partial charge is 0.484 e. The van der Waals surface area contributed by atoms with E-state index in [1.165, 1.54) is 0 Å². The van der Waals surface area contributed by atoms with Gasteiger partial charge in [0, 0.05) is 16.3 Å². The molecule has 0 aromatic heterocycles. The first kappa shape index (κ1) is 19.4. The number of halogens is 1. The zero-order chi connectivity index (χ0) is 20.9. The van der Waals surface area contributed by atoms with E-state index in [1.54, 1.807) is 30.5 Å². The van der Waals surface area contributed by atoms with Gasteiger partial charge in [0.25, 0.3) is 5.91 Å². The lowest BCUT2D eigenvalue weighted by molar-refractivity contribution is -0.123. The minimum Gasteiger partial charge on any atom is -0.484 e. The maximum atomic E-state index is 12.1. The van der Waals surface area contributed by atoms with Gasteiger partial charge in [-0.1, -0.05) is 60.1 Å². The van der Waals surface area contributed by atoms with Crippen LogP contribution in [0.5, 0.6) is 5.75 Å². The van der Waals surface area contributed by atoms with E-state index >= 15 is 0 Å². The quantitative estimate of drug-likeness (QED) is 0.282. The summed E-state index contributed by atoms with van der Waals surface area (Å²) in [6.07, 6.45) is 1.63. The number of benzene rings is 4. The number of fused-ring (bicyclic) bond motifs is 2. The summed E-state index contributed by atoms with van der Waals surface area (Å²) in [5.41, 5.74) is 3.89. The van der Waals surface area contributed by atoms with Gasteiger partial charge in [-0.2, -0.15) is 10.4 Å². The Bertz CT molecular complexity index is 1250. The number of ether oxygens (including phenoxy) is 1. The van der Waals surface area contributed by atoms with Crippen LogP contribution in [-0.2, 0) is 4.79 Å². The standard InChI is InChI=1S/C24H16ClN3O2/c25-24-20-7-3-1-5-18(20)22(19-6-2-4-8-21(19)24)14-27-28-23(29)15-30-17-11-9-16(13-26)10-12-17/h1-12,14H,15H2,(H,28,29)/b27-14-. The number of carbonyl (C=O) groups excluding carboxylic acids is 1. The molecule has 4 aromatic carbocycles. The van der Waals surface area contributed by atoms with E-state index in [1.807, 2.05) is 54.6 Å². The number of amides is 1. The molecule has 1 N–H and O–H groups in total. The Kier molecular flexibility index (Phi) is 5.60. The summed E-state index contributed by atoms with van der Waals surface area (Å²) >= 11 is 6.60. The average molecular weight is 414 g/mol. The smallest absolute Gasteiger partial charge is 0.277 e. The van der Waals surface area contributed by atoms with Crippen LogP contribution in [0.3, 0.4) is 0 Å². The molecule has 4 aromatic rings. The number of carbonyl (C=O) groups is 1. The van der Waals surface area contributed by atoms with Gasteiger partial charge in [-0.15, -0.1) is 0 Å². The zero-order valence-electron chi connectivity index (χ0n) is 15.8. The molecule has 0 radical (unpaired) electrons. The van der Waals surface area contributed by atoms with Crippen LogP contribution in [0.15, 0.2) is 77.9 Å². The fourth-order valence-corrected chi connectivity index (χ4v) is 3.55. The van der Waals surface area contributed by atoms with Crippen LogP contribution in [0.2, 0.25) is 5.02 Å². The molecule has 0 fully saturated rings. The lowest BCUT2D eigenvalue weighted by atomic mass is 9.97. The Morgan fingerprint density at radius 1 is 0.967 bits per heavy atom. The van der Waals surface area contributed by atoms with E-state index in [4.69, 9.17) is 21.6 Å². The SMILES string of the molecule is N#Cc1ccc(OCC(=O)N/N=C\c2c3ccccc3c(Cl)c3ccccc23)cc1. The predicted molar refractivity (Wildman–Crippen MR) is 119 cm³/mol. The topological polar surface area (TPSA) is 74.5 Å². The normalized spacial score (nSPS) is 10.9. The van der Waals surface area contributed by atoms with Gasteiger partial charge in [0.05, 0.1) is 22.9 Å². The fraction of sp³-hybridized carbons (Fsp3) is 0.0417. The van der Waals surface area contributed by atoms with Crippen molar-refractivity contribution in [3.63, 3.8) is 0 Å². The van der Waals surface area contributed by atoms with E-state index < -0.39 is 5.91 Å². The number of hydrogen-bond donors (Lipinski definition) is 1. The summed E-state index contributed by atoms with van der Waals surface area (Å²) in [6.45, 7) is -0.189. The van der Waals surface area contributed by atoms with Crippen molar-refractivity contribution in [1.82, 2.24) is 5.43 Å². The number of nitriles is 1. The molecule has 0 saturated carbocycles. The maximum absolute atomic E-state index is 12.1. The Morgan fingerprint density at radius 3 is 2.10 bits per heavy atom. The van der Waals surface area contributed by atoms with Crippen molar-refractivity contribution in [3.8, 4) is 11.8 Å². The lowest BCUT2D eigenvalue weighted by Crippen LogP contribution is -2.24. The molecule has 0 aliphatic carbocycles. The third-order valence-electron chi connectivity index (χ3n) is 4.64. The Morgan fingerprint density at radius 2 is 1.53 bits per heavy atom. The van der Waals surface area contributed by atoms with E-state index in [2.05, 4.69) is 10.5 Å². The molecule has 0 unspecified atom stereocenters. The molecule has 6 heteroatoms. The third-order valence-corrected chi connectivity index (χ3v) is 5.05. The van der Waals surface area contributed by atoms with Gasteiger partial charge in [-0.3, -0.25) is 4.79 Å². The van der Waals surface area contributed by atoms with Gasteiger partial charge < -0.3 is 4.74 Å². The van der Waals surface area contributed by atoms with Gasteiger partial charge in [0.15, 0.2) is 6.61 Å². The second-order valence-electron chi connectivity index (χ2n) is 6.54. The van der Waals surface area contributed by atoms with Gasteiger partial charge in [-0.05, 0) is 35.0 Å². The van der Waals surface area contributed by atoms with E-state index in [9.17, 15) is 4.79 Å². The van der Waals surface area contributed by atoms with Crippen LogP contribution in [0.25, 0.3) is 21.5 Å². The second kappa shape index (κ2) is 8.64. The van der Waals surface area contributed by atoms with Crippen LogP contribution in [0.1, 0.15) is 11.1 Å². The number of nitrogens with zero attached hydrogens (tertiary/aromatic N) is 2. The monoisotopic (exact) mass is 413 g/mol. The molecule has 146 valence electrons. The molecule has 5 nitrogen and oxygen atoms in total. The molecule has 0 saturated heterocycles. The van der Waals surface area contributed by atoms with Gasteiger partial charge in [0.1, 0.15) is 5.75 Å². The molecular weight excluding hydrogens is 398 g/mol. The van der Waals surface area contributed by atoms with Gasteiger partial charge in [0.2, 0.25) is 0 Å². The molecule has 4 rings (SSSR count). The number of nitrogens with one attached hydrogen (secondary N) is 1. The van der Waals surface area contributed by atoms with Crippen molar-refractivity contribution in [1.29, 1.82) is 5.26 Å². The average Bonchev–Trinajstić information content (AvgIpc) is 2.80. The molecule has 0 aliphatic rings. The predicted octanol–water partition coefficient (Wildman–Crippen LogP) is 5.05. The number of rotatable bonds is 5. The Balaban J connectivity index is 1.52. The zero-order valence-corrected chi connectivity index (χ0v) is 16.6. The highest BCUT2D eigenvalue weighted by Gasteiger charge is 2.11. The van der Waals surface area contributed by atoms with Crippen molar-refractivity contribution >= 4 is 45.3 Å². The van der Waals surface area contributed by atoms with E-state index in [0.29, 0.717) is 16.3 Å². The highest BCUT2D eigenvalue weighted by atomic mass is 35.5.